The summed E-state index contributed by atoms with van der Waals surface area (Å²) in [5, 5.41) is 21.3. The van der Waals surface area contributed by atoms with Crippen molar-refractivity contribution in [2.24, 2.45) is 0 Å². The molecule has 2 aromatic rings. The van der Waals surface area contributed by atoms with Crippen LogP contribution in [0, 0.1) is 11.3 Å². The number of nitriles is 1. The summed E-state index contributed by atoms with van der Waals surface area (Å²) in [5.41, 5.74) is 4.89. The van der Waals surface area contributed by atoms with Crippen molar-refractivity contribution < 1.29 is 14.7 Å². The van der Waals surface area contributed by atoms with Gasteiger partial charge in [-0.3, -0.25) is 9.59 Å². The van der Waals surface area contributed by atoms with Crippen LogP contribution in [0.25, 0.3) is 11.3 Å². The number of carbonyl (C=O) groups excluding carboxylic acids is 2. The Bertz CT molecular complexity index is 1040. The van der Waals surface area contributed by atoms with E-state index in [4.69, 9.17) is 10.1 Å². The predicted molar refractivity (Wildman–Crippen MR) is 120 cm³/mol. The maximum absolute atomic E-state index is 12.4. The summed E-state index contributed by atoms with van der Waals surface area (Å²) in [7, 11) is 0. The molecule has 1 saturated heterocycles. The third-order valence-corrected chi connectivity index (χ3v) is 6.09. The lowest BCUT2D eigenvalue weighted by Gasteiger charge is -2.36. The van der Waals surface area contributed by atoms with Crippen molar-refractivity contribution in [2.75, 3.05) is 44.2 Å². The van der Waals surface area contributed by atoms with Gasteiger partial charge in [-0.25, -0.2) is 4.98 Å². The lowest BCUT2D eigenvalue weighted by molar-refractivity contribution is -0.146. The molecular weight excluding hydrogens is 406 g/mol. The summed E-state index contributed by atoms with van der Waals surface area (Å²) in [6, 6.07) is 12.4. The van der Waals surface area contributed by atoms with Gasteiger partial charge in [0.1, 0.15) is 11.9 Å². The Morgan fingerprint density at radius 3 is 2.50 bits per heavy atom. The molecule has 0 saturated carbocycles. The van der Waals surface area contributed by atoms with Crippen LogP contribution in [0.4, 0.5) is 5.82 Å². The fourth-order valence-electron chi connectivity index (χ4n) is 4.45. The van der Waals surface area contributed by atoms with Gasteiger partial charge in [0, 0.05) is 44.9 Å². The molecular formula is C24H27N5O3. The zero-order valence-electron chi connectivity index (χ0n) is 18.0. The van der Waals surface area contributed by atoms with Gasteiger partial charge in [0.15, 0.2) is 0 Å². The number of hydrogen-bond acceptors (Lipinski definition) is 6. The van der Waals surface area contributed by atoms with Crippen LogP contribution >= 0.6 is 0 Å². The average Bonchev–Trinajstić information content (AvgIpc) is 3.33. The van der Waals surface area contributed by atoms with Crippen LogP contribution in [0.1, 0.15) is 29.5 Å². The topological polar surface area (TPSA) is 110 Å². The molecule has 1 aliphatic heterocycles. The molecule has 0 bridgehead atoms. The Kier molecular flexibility index (Phi) is 6.66. The summed E-state index contributed by atoms with van der Waals surface area (Å²) in [6.07, 6.45) is 3.23. The van der Waals surface area contributed by atoms with Crippen LogP contribution in [-0.4, -0.2) is 66.1 Å². The number of pyridine rings is 1. The minimum absolute atomic E-state index is 0.0346. The molecule has 1 aliphatic carbocycles. The van der Waals surface area contributed by atoms with E-state index in [1.807, 2.05) is 30.3 Å². The molecule has 8 heteroatoms. The van der Waals surface area contributed by atoms with Crippen molar-refractivity contribution in [1.29, 1.82) is 5.26 Å². The molecule has 2 heterocycles. The minimum atomic E-state index is -0.647. The van der Waals surface area contributed by atoms with Gasteiger partial charge in [-0.05, 0) is 36.8 Å². The molecule has 166 valence electrons. The summed E-state index contributed by atoms with van der Waals surface area (Å²) in [5.74, 6) is -0.534. The number of piperazine rings is 1. The molecule has 1 fully saturated rings. The van der Waals surface area contributed by atoms with Gasteiger partial charge in [-0.1, -0.05) is 30.3 Å². The third kappa shape index (κ3) is 4.30. The molecule has 8 nitrogen and oxygen atoms in total. The summed E-state index contributed by atoms with van der Waals surface area (Å²) < 4.78 is 0. The molecule has 0 spiro atoms. The zero-order chi connectivity index (χ0) is 22.5. The highest BCUT2D eigenvalue weighted by Gasteiger charge is 2.30. The summed E-state index contributed by atoms with van der Waals surface area (Å²) in [6.45, 7) is 2.02. The van der Waals surface area contributed by atoms with Gasteiger partial charge in [0.05, 0.1) is 11.3 Å². The maximum Gasteiger partial charge on any atom is 0.312 e. The maximum atomic E-state index is 12.4. The first-order valence-electron chi connectivity index (χ1n) is 11.1. The highest BCUT2D eigenvalue weighted by atomic mass is 16.3. The number of anilines is 1. The van der Waals surface area contributed by atoms with Gasteiger partial charge in [0.25, 0.3) is 0 Å². The van der Waals surface area contributed by atoms with E-state index in [-0.39, 0.29) is 13.2 Å². The number of fused-ring (bicyclic) bond motifs is 1. The van der Waals surface area contributed by atoms with E-state index in [9.17, 15) is 14.9 Å². The van der Waals surface area contributed by atoms with E-state index >= 15 is 0 Å². The quantitative estimate of drug-likeness (QED) is 0.543. The number of aliphatic hydroxyl groups is 1. The average molecular weight is 434 g/mol. The monoisotopic (exact) mass is 433 g/mol. The van der Waals surface area contributed by atoms with Gasteiger partial charge in [0.2, 0.25) is 0 Å². The zero-order valence-corrected chi connectivity index (χ0v) is 18.0. The molecule has 1 aromatic heterocycles. The minimum Gasteiger partial charge on any atom is -0.396 e. The van der Waals surface area contributed by atoms with Gasteiger partial charge in [-0.2, -0.15) is 5.26 Å². The van der Waals surface area contributed by atoms with Crippen molar-refractivity contribution in [3.8, 4) is 17.3 Å². The highest BCUT2D eigenvalue weighted by molar-refractivity contribution is 6.35. The second kappa shape index (κ2) is 9.79. The molecule has 0 unspecified atom stereocenters. The van der Waals surface area contributed by atoms with Crippen LogP contribution in [0.15, 0.2) is 30.3 Å². The van der Waals surface area contributed by atoms with Gasteiger partial charge >= 0.3 is 11.8 Å². The third-order valence-electron chi connectivity index (χ3n) is 6.09. The van der Waals surface area contributed by atoms with Gasteiger partial charge < -0.3 is 20.2 Å². The Morgan fingerprint density at radius 1 is 1.09 bits per heavy atom. The van der Waals surface area contributed by atoms with Crippen molar-refractivity contribution in [3.63, 3.8) is 0 Å². The summed E-state index contributed by atoms with van der Waals surface area (Å²) >= 11 is 0. The second-order valence-corrected chi connectivity index (χ2v) is 8.06. The number of nitrogens with zero attached hydrogens (tertiary/aromatic N) is 4. The predicted octanol–water partition coefficient (Wildman–Crippen LogP) is 1.26. The number of benzene rings is 1. The molecule has 2 N–H and O–H groups in total. The summed E-state index contributed by atoms with van der Waals surface area (Å²) in [4.78, 5) is 33.0. The molecule has 2 amide bonds. The molecule has 32 heavy (non-hydrogen) atoms. The Labute approximate surface area is 187 Å². The van der Waals surface area contributed by atoms with E-state index in [2.05, 4.69) is 16.3 Å². The molecule has 4 rings (SSSR count). The van der Waals surface area contributed by atoms with Crippen LogP contribution in [-0.2, 0) is 22.4 Å². The fourth-order valence-corrected chi connectivity index (χ4v) is 4.45. The van der Waals surface area contributed by atoms with Crippen molar-refractivity contribution in [3.05, 3.63) is 47.0 Å². The van der Waals surface area contributed by atoms with Crippen molar-refractivity contribution in [1.82, 2.24) is 15.2 Å². The molecule has 0 radical (unpaired) electrons. The largest absolute Gasteiger partial charge is 0.396 e. The fraction of sp³-hybridized carbons (Fsp3) is 0.417. The van der Waals surface area contributed by atoms with E-state index in [1.165, 1.54) is 10.5 Å². The number of amides is 2. The van der Waals surface area contributed by atoms with Crippen LogP contribution in [0.3, 0.4) is 0 Å². The number of rotatable bonds is 5. The van der Waals surface area contributed by atoms with Crippen LogP contribution in [0.2, 0.25) is 0 Å². The van der Waals surface area contributed by atoms with Crippen LogP contribution < -0.4 is 10.2 Å². The van der Waals surface area contributed by atoms with Crippen LogP contribution in [0.5, 0.6) is 0 Å². The Hall–Kier alpha value is -3.44. The SMILES string of the molecule is N#Cc1c(N2CCN(C(=O)C(=O)NCCCO)CC2)nc(-c2ccccc2)c2c1CCC2. The smallest absolute Gasteiger partial charge is 0.312 e. The van der Waals surface area contributed by atoms with E-state index in [0.717, 1.165) is 36.1 Å². The number of carbonyl (C=O) groups is 2. The first kappa shape index (κ1) is 21.8. The second-order valence-electron chi connectivity index (χ2n) is 8.06. The lowest BCUT2D eigenvalue weighted by Crippen LogP contribution is -2.53. The van der Waals surface area contributed by atoms with Crippen molar-refractivity contribution >= 4 is 17.6 Å². The Balaban J connectivity index is 1.54. The Morgan fingerprint density at radius 2 is 1.81 bits per heavy atom. The normalized spacial score (nSPS) is 15.2. The lowest BCUT2D eigenvalue weighted by atomic mass is 9.98. The molecule has 0 atom stereocenters. The van der Waals surface area contributed by atoms with Crippen molar-refractivity contribution in [2.45, 2.75) is 25.7 Å². The highest BCUT2D eigenvalue weighted by Crippen LogP contribution is 2.37. The van der Waals surface area contributed by atoms with E-state index in [0.29, 0.717) is 44.0 Å². The number of nitrogens with one attached hydrogen (secondary N) is 1. The standard InChI is InChI=1S/C24H27N5O3/c25-16-20-18-8-4-9-19(18)21(17-6-2-1-3-7-17)27-22(20)28-11-13-29(14-12-28)24(32)23(31)26-10-5-15-30/h1-3,6-7,30H,4-5,8-15H2,(H,26,31). The van der Waals surface area contributed by atoms with Gasteiger partial charge in [-0.15, -0.1) is 0 Å². The first-order chi connectivity index (χ1) is 15.6. The number of aromatic nitrogens is 1. The first-order valence-corrected chi connectivity index (χ1v) is 11.1. The molecule has 1 aromatic carbocycles. The molecule has 2 aliphatic rings. The van der Waals surface area contributed by atoms with E-state index < -0.39 is 11.8 Å². The number of aliphatic hydroxyl groups excluding tert-OH is 1. The van der Waals surface area contributed by atoms with E-state index in [1.54, 1.807) is 0 Å². The number of hydrogen-bond donors (Lipinski definition) is 2.